The van der Waals surface area contributed by atoms with Crippen molar-refractivity contribution in [2.24, 2.45) is 23.5 Å². The lowest BCUT2D eigenvalue weighted by atomic mass is 10.1. The maximum absolute atomic E-state index is 12.6. The van der Waals surface area contributed by atoms with Crippen molar-refractivity contribution in [3.63, 3.8) is 0 Å². The molecule has 3 heterocycles. The zero-order valence-electron chi connectivity index (χ0n) is 19.8. The molecule has 1 saturated carbocycles. The number of likely N-dealkylation sites (tertiary alicyclic amines) is 1. The van der Waals surface area contributed by atoms with Gasteiger partial charge in [0.1, 0.15) is 5.82 Å². The van der Waals surface area contributed by atoms with Gasteiger partial charge in [-0.2, -0.15) is 4.98 Å². The molecule has 3 aliphatic rings. The Morgan fingerprint density at radius 3 is 2.53 bits per heavy atom. The second kappa shape index (κ2) is 9.85. The summed E-state index contributed by atoms with van der Waals surface area (Å²) in [5.74, 6) is 2.63. The largest absolute Gasteiger partial charge is 0.354 e. The number of nitrogens with zero attached hydrogens (tertiary/aromatic N) is 4. The molecule has 5 rings (SSSR count). The number of hydrogen-bond donors (Lipinski definition) is 3. The first-order chi connectivity index (χ1) is 16.5. The third-order valence-electron chi connectivity index (χ3n) is 7.68. The number of amides is 2. The Hall–Kier alpha value is -2.75. The molecule has 2 saturated heterocycles. The van der Waals surface area contributed by atoms with E-state index in [0.29, 0.717) is 19.1 Å². The number of nitrogens with two attached hydrogens (primary N) is 1. The average molecular weight is 466 g/mol. The molecule has 3 fully saturated rings. The number of carbonyl (C=O) groups is 1. The standard InChI is InChI=1S/C25H35N7O2/c1-2-21(26)23-19-15-30(16-20(19)23)11-7-17-3-5-18(6-4-17)32-12-8-22(29-25(32)34)28-24(33)31-13-9-27-10-14-31/h3-6,8,12,19-21,23,27H,2,7,9-11,13-16,26H2,1H3,(H,28,29,33,34)/t19-,20+,21-,23?/m1/s1. The number of hydrogen-bond acceptors (Lipinski definition) is 6. The van der Waals surface area contributed by atoms with Gasteiger partial charge in [0.2, 0.25) is 0 Å². The van der Waals surface area contributed by atoms with Gasteiger partial charge in [0.05, 0.1) is 5.69 Å². The fraction of sp³-hybridized carbons (Fsp3) is 0.560. The van der Waals surface area contributed by atoms with Crippen molar-refractivity contribution in [1.29, 1.82) is 0 Å². The first-order valence-electron chi connectivity index (χ1n) is 12.5. The molecular weight excluding hydrogens is 430 g/mol. The first-order valence-corrected chi connectivity index (χ1v) is 12.5. The lowest BCUT2D eigenvalue weighted by Crippen LogP contribution is -2.48. The highest BCUT2D eigenvalue weighted by Crippen LogP contribution is 2.53. The van der Waals surface area contributed by atoms with E-state index in [1.165, 1.54) is 23.2 Å². The van der Waals surface area contributed by atoms with Crippen molar-refractivity contribution in [3.05, 3.63) is 52.6 Å². The van der Waals surface area contributed by atoms with Crippen molar-refractivity contribution in [2.75, 3.05) is 51.1 Å². The molecule has 4 atom stereocenters. The van der Waals surface area contributed by atoms with Crippen molar-refractivity contribution >= 4 is 11.8 Å². The van der Waals surface area contributed by atoms with E-state index < -0.39 is 5.69 Å². The van der Waals surface area contributed by atoms with Crippen LogP contribution in [0.3, 0.4) is 0 Å². The Kier molecular flexibility index (Phi) is 6.67. The molecule has 2 aliphatic heterocycles. The maximum atomic E-state index is 12.6. The van der Waals surface area contributed by atoms with Crippen LogP contribution >= 0.6 is 0 Å². The van der Waals surface area contributed by atoms with Gasteiger partial charge in [-0.15, -0.1) is 0 Å². The highest BCUT2D eigenvalue weighted by Gasteiger charge is 2.56. The fourth-order valence-corrected chi connectivity index (χ4v) is 5.59. The van der Waals surface area contributed by atoms with Crippen LogP contribution in [0.4, 0.5) is 10.6 Å². The summed E-state index contributed by atoms with van der Waals surface area (Å²) in [5.41, 5.74) is 7.85. The monoisotopic (exact) mass is 465 g/mol. The predicted molar refractivity (Wildman–Crippen MR) is 132 cm³/mol. The highest BCUT2D eigenvalue weighted by atomic mass is 16.2. The van der Waals surface area contributed by atoms with Crippen LogP contribution in [0.2, 0.25) is 0 Å². The van der Waals surface area contributed by atoms with Gasteiger partial charge in [-0.25, -0.2) is 9.59 Å². The van der Waals surface area contributed by atoms with E-state index in [0.717, 1.165) is 55.9 Å². The van der Waals surface area contributed by atoms with Gasteiger partial charge in [-0.05, 0) is 54.4 Å². The van der Waals surface area contributed by atoms with Crippen LogP contribution in [-0.2, 0) is 6.42 Å². The minimum Gasteiger partial charge on any atom is -0.327 e. The van der Waals surface area contributed by atoms with Crippen LogP contribution in [0, 0.1) is 17.8 Å². The van der Waals surface area contributed by atoms with Gasteiger partial charge in [-0.1, -0.05) is 19.1 Å². The summed E-state index contributed by atoms with van der Waals surface area (Å²) in [4.78, 5) is 33.2. The molecule has 2 amide bonds. The molecule has 1 aromatic carbocycles. The second-order valence-electron chi connectivity index (χ2n) is 9.79. The van der Waals surface area contributed by atoms with Crippen molar-refractivity contribution in [3.8, 4) is 5.69 Å². The summed E-state index contributed by atoms with van der Waals surface area (Å²) in [6.07, 6.45) is 3.73. The summed E-state index contributed by atoms with van der Waals surface area (Å²) < 4.78 is 1.50. The second-order valence-corrected chi connectivity index (χ2v) is 9.79. The molecule has 9 nitrogen and oxygen atoms in total. The Morgan fingerprint density at radius 1 is 1.18 bits per heavy atom. The van der Waals surface area contributed by atoms with E-state index in [4.69, 9.17) is 5.73 Å². The van der Waals surface area contributed by atoms with E-state index in [9.17, 15) is 9.59 Å². The minimum atomic E-state index is -0.415. The van der Waals surface area contributed by atoms with Crippen molar-refractivity contribution in [2.45, 2.75) is 25.8 Å². The zero-order chi connectivity index (χ0) is 23.7. The molecule has 9 heteroatoms. The maximum Gasteiger partial charge on any atom is 0.354 e. The molecule has 4 N–H and O–H groups in total. The molecule has 34 heavy (non-hydrogen) atoms. The SMILES string of the molecule is CC[C@@H](N)C1[C@H]2CN(CCc3ccc(-n4ccc(NC(=O)N5CCNCC5)nc4=O)cc3)C[C@@H]12. The Bertz CT molecular complexity index is 1050. The van der Waals surface area contributed by atoms with Crippen LogP contribution in [0.1, 0.15) is 18.9 Å². The minimum absolute atomic E-state index is 0.227. The van der Waals surface area contributed by atoms with Gasteiger partial charge < -0.3 is 20.9 Å². The third-order valence-corrected chi connectivity index (χ3v) is 7.68. The number of benzene rings is 1. The Labute approximate surface area is 200 Å². The number of anilines is 1. The molecule has 0 spiro atoms. The number of urea groups is 1. The van der Waals surface area contributed by atoms with E-state index >= 15 is 0 Å². The summed E-state index contributed by atoms with van der Waals surface area (Å²) >= 11 is 0. The summed E-state index contributed by atoms with van der Waals surface area (Å²) in [6.45, 7) is 8.43. The summed E-state index contributed by atoms with van der Waals surface area (Å²) in [6, 6.07) is 9.87. The Balaban J connectivity index is 1.13. The number of piperazine rings is 1. The van der Waals surface area contributed by atoms with Crippen LogP contribution in [0.25, 0.3) is 5.69 Å². The molecular formula is C25H35N7O2. The fourth-order valence-electron chi connectivity index (χ4n) is 5.59. The van der Waals surface area contributed by atoms with Gasteiger partial charge in [0.15, 0.2) is 0 Å². The number of piperidine rings is 1. The normalized spacial score (nSPS) is 25.1. The molecule has 1 aromatic heterocycles. The van der Waals surface area contributed by atoms with Crippen LogP contribution < -0.4 is 22.1 Å². The number of carbonyl (C=O) groups excluding carboxylic acids is 1. The van der Waals surface area contributed by atoms with Gasteiger partial charge >= 0.3 is 11.7 Å². The zero-order valence-corrected chi connectivity index (χ0v) is 19.8. The van der Waals surface area contributed by atoms with Crippen LogP contribution in [0.5, 0.6) is 0 Å². The highest BCUT2D eigenvalue weighted by molar-refractivity contribution is 5.88. The van der Waals surface area contributed by atoms with Crippen LogP contribution in [0.15, 0.2) is 41.3 Å². The van der Waals surface area contributed by atoms with E-state index in [-0.39, 0.29) is 11.8 Å². The molecule has 0 radical (unpaired) electrons. The molecule has 2 aromatic rings. The number of fused-ring (bicyclic) bond motifs is 1. The number of aromatic nitrogens is 2. The van der Waals surface area contributed by atoms with Crippen molar-refractivity contribution in [1.82, 2.24) is 24.7 Å². The molecule has 182 valence electrons. The quantitative estimate of drug-likeness (QED) is 0.566. The lowest BCUT2D eigenvalue weighted by Gasteiger charge is -2.27. The van der Waals surface area contributed by atoms with E-state index in [2.05, 4.69) is 39.6 Å². The Morgan fingerprint density at radius 2 is 1.88 bits per heavy atom. The topological polar surface area (TPSA) is 109 Å². The summed E-state index contributed by atoms with van der Waals surface area (Å²) in [5, 5.41) is 5.93. The number of nitrogens with one attached hydrogen (secondary N) is 2. The van der Waals surface area contributed by atoms with Crippen LogP contribution in [-0.4, -0.2) is 77.2 Å². The number of rotatable bonds is 7. The first kappa shape index (κ1) is 23.0. The average Bonchev–Trinajstić information content (AvgIpc) is 3.37. The van der Waals surface area contributed by atoms with E-state index in [1.54, 1.807) is 17.2 Å². The van der Waals surface area contributed by atoms with Gasteiger partial charge in [-0.3, -0.25) is 9.88 Å². The van der Waals surface area contributed by atoms with Gasteiger partial charge in [0.25, 0.3) is 0 Å². The van der Waals surface area contributed by atoms with Gasteiger partial charge in [0, 0.05) is 58.1 Å². The van der Waals surface area contributed by atoms with Crippen molar-refractivity contribution < 1.29 is 4.79 Å². The molecule has 0 bridgehead atoms. The predicted octanol–water partition coefficient (Wildman–Crippen LogP) is 1.13. The smallest absolute Gasteiger partial charge is 0.327 e. The summed E-state index contributed by atoms with van der Waals surface area (Å²) in [7, 11) is 0. The molecule has 1 aliphatic carbocycles. The lowest BCUT2D eigenvalue weighted by molar-refractivity contribution is 0.204. The molecule has 1 unspecified atom stereocenters. The van der Waals surface area contributed by atoms with E-state index in [1.807, 2.05) is 12.1 Å². The third kappa shape index (κ3) is 4.87.